The lowest BCUT2D eigenvalue weighted by Gasteiger charge is -2.03. The van der Waals surface area contributed by atoms with Gasteiger partial charge < -0.3 is 15.2 Å². The van der Waals surface area contributed by atoms with E-state index in [1.807, 2.05) is 0 Å². The van der Waals surface area contributed by atoms with E-state index in [1.165, 1.54) is 25.3 Å². The Hall–Kier alpha value is -2.30. The van der Waals surface area contributed by atoms with Crippen molar-refractivity contribution >= 4 is 23.7 Å². The number of esters is 2. The molecule has 0 spiro atoms. The number of methoxy groups -OCH3 is 1. The van der Waals surface area contributed by atoms with Crippen LogP contribution >= 0.6 is 0 Å². The second kappa shape index (κ2) is 6.44. The van der Waals surface area contributed by atoms with Gasteiger partial charge in [-0.1, -0.05) is 6.07 Å². The maximum absolute atomic E-state index is 11.3. The average molecular weight is 249 g/mol. The Kier molecular flexibility index (Phi) is 4.92. The zero-order valence-electron chi connectivity index (χ0n) is 10.3. The molecule has 0 aromatic heterocycles. The number of nitrogen functional groups attached to an aromatic ring is 1. The number of ether oxygens (including phenoxy) is 2. The van der Waals surface area contributed by atoms with E-state index in [1.54, 1.807) is 19.1 Å². The monoisotopic (exact) mass is 249 g/mol. The van der Waals surface area contributed by atoms with Crippen LogP contribution in [-0.2, 0) is 14.3 Å². The number of rotatable bonds is 4. The van der Waals surface area contributed by atoms with Crippen molar-refractivity contribution in [2.75, 3.05) is 19.5 Å². The van der Waals surface area contributed by atoms with Crippen LogP contribution in [0.15, 0.2) is 24.3 Å². The Balaban J connectivity index is 2.86. The molecule has 2 N–H and O–H groups in total. The topological polar surface area (TPSA) is 78.6 Å². The second-order valence-corrected chi connectivity index (χ2v) is 3.42. The Morgan fingerprint density at radius 2 is 2.11 bits per heavy atom. The van der Waals surface area contributed by atoms with Crippen LogP contribution in [0.5, 0.6) is 0 Å². The van der Waals surface area contributed by atoms with E-state index in [4.69, 9.17) is 10.5 Å². The normalized spacial score (nSPS) is 10.3. The van der Waals surface area contributed by atoms with E-state index in [0.717, 1.165) is 0 Å². The van der Waals surface area contributed by atoms with Crippen molar-refractivity contribution in [1.29, 1.82) is 0 Å². The molecule has 0 aliphatic rings. The van der Waals surface area contributed by atoms with Crippen LogP contribution in [0.4, 0.5) is 5.69 Å². The van der Waals surface area contributed by atoms with Gasteiger partial charge in [-0.15, -0.1) is 0 Å². The number of hydrogen-bond acceptors (Lipinski definition) is 5. The first-order chi connectivity index (χ1) is 8.58. The number of hydrogen-bond donors (Lipinski definition) is 1. The van der Waals surface area contributed by atoms with Crippen LogP contribution in [-0.4, -0.2) is 25.7 Å². The van der Waals surface area contributed by atoms with Crippen molar-refractivity contribution in [3.8, 4) is 0 Å². The number of carbonyl (C=O) groups excluding carboxylic acids is 2. The molecule has 0 amide bonds. The maximum Gasteiger partial charge on any atom is 0.337 e. The molecule has 5 heteroatoms. The molecule has 0 radical (unpaired) electrons. The van der Waals surface area contributed by atoms with Crippen molar-refractivity contribution in [3.63, 3.8) is 0 Å². The molecule has 1 aromatic rings. The first-order valence-corrected chi connectivity index (χ1v) is 5.41. The van der Waals surface area contributed by atoms with Gasteiger partial charge in [-0.2, -0.15) is 0 Å². The summed E-state index contributed by atoms with van der Waals surface area (Å²) in [5.74, 6) is -0.892. The molecule has 0 aliphatic carbocycles. The predicted octanol–water partition coefficient (Wildman–Crippen LogP) is 1.63. The van der Waals surface area contributed by atoms with Gasteiger partial charge in [-0.3, -0.25) is 0 Å². The highest BCUT2D eigenvalue weighted by atomic mass is 16.5. The Morgan fingerprint density at radius 3 is 2.67 bits per heavy atom. The first-order valence-electron chi connectivity index (χ1n) is 5.41. The van der Waals surface area contributed by atoms with Gasteiger partial charge in [-0.05, 0) is 30.7 Å². The molecular weight excluding hydrogens is 234 g/mol. The lowest BCUT2D eigenvalue weighted by molar-refractivity contribution is -0.137. The third-order valence-corrected chi connectivity index (χ3v) is 2.19. The van der Waals surface area contributed by atoms with Crippen LogP contribution < -0.4 is 5.73 Å². The van der Waals surface area contributed by atoms with Crippen molar-refractivity contribution in [2.24, 2.45) is 0 Å². The third-order valence-electron chi connectivity index (χ3n) is 2.19. The zero-order chi connectivity index (χ0) is 13.5. The zero-order valence-corrected chi connectivity index (χ0v) is 10.3. The van der Waals surface area contributed by atoms with Crippen LogP contribution in [0.2, 0.25) is 0 Å². The molecule has 96 valence electrons. The quantitative estimate of drug-likeness (QED) is 0.498. The molecule has 1 rings (SSSR count). The third kappa shape index (κ3) is 3.62. The van der Waals surface area contributed by atoms with Crippen molar-refractivity contribution < 1.29 is 19.1 Å². The fraction of sp³-hybridized carbons (Fsp3) is 0.231. The van der Waals surface area contributed by atoms with Crippen LogP contribution in [0.1, 0.15) is 22.8 Å². The van der Waals surface area contributed by atoms with Gasteiger partial charge in [0.15, 0.2) is 0 Å². The van der Waals surface area contributed by atoms with E-state index in [9.17, 15) is 9.59 Å². The van der Waals surface area contributed by atoms with Crippen LogP contribution in [0, 0.1) is 0 Å². The molecular formula is C13H15NO4. The summed E-state index contributed by atoms with van der Waals surface area (Å²) in [5, 5.41) is 0. The van der Waals surface area contributed by atoms with Gasteiger partial charge >= 0.3 is 11.9 Å². The Labute approximate surface area is 105 Å². The smallest absolute Gasteiger partial charge is 0.337 e. The molecule has 0 fully saturated rings. The fourth-order valence-corrected chi connectivity index (χ4v) is 1.32. The lowest BCUT2D eigenvalue weighted by atomic mass is 10.1. The van der Waals surface area contributed by atoms with E-state index in [2.05, 4.69) is 4.74 Å². The molecule has 0 aliphatic heterocycles. The summed E-state index contributed by atoms with van der Waals surface area (Å²) in [4.78, 5) is 22.4. The number of anilines is 1. The summed E-state index contributed by atoms with van der Waals surface area (Å²) in [6.45, 7) is 2.05. The van der Waals surface area contributed by atoms with Crippen molar-refractivity contribution in [1.82, 2.24) is 0 Å². The molecule has 0 saturated carbocycles. The molecule has 1 aromatic carbocycles. The summed E-state index contributed by atoms with van der Waals surface area (Å²) in [5.41, 5.74) is 7.15. The molecule has 0 bridgehead atoms. The van der Waals surface area contributed by atoms with Gasteiger partial charge in [0, 0.05) is 11.8 Å². The Bertz CT molecular complexity index is 480. The summed E-state index contributed by atoms with van der Waals surface area (Å²) < 4.78 is 9.32. The summed E-state index contributed by atoms with van der Waals surface area (Å²) in [7, 11) is 1.30. The van der Waals surface area contributed by atoms with Gasteiger partial charge in [0.25, 0.3) is 0 Å². The Morgan fingerprint density at radius 1 is 1.39 bits per heavy atom. The second-order valence-electron chi connectivity index (χ2n) is 3.42. The minimum atomic E-state index is -0.456. The standard InChI is InChI=1S/C13H15NO4/c1-3-18-12(15)7-6-9-4-5-10(8-11(9)14)13(16)17-2/h4-8H,3,14H2,1-2H3. The van der Waals surface area contributed by atoms with Gasteiger partial charge in [0.2, 0.25) is 0 Å². The maximum atomic E-state index is 11.3. The first kappa shape index (κ1) is 13.8. The van der Waals surface area contributed by atoms with E-state index >= 15 is 0 Å². The van der Waals surface area contributed by atoms with Gasteiger partial charge in [-0.25, -0.2) is 9.59 Å². The fourth-order valence-electron chi connectivity index (χ4n) is 1.32. The minimum Gasteiger partial charge on any atom is -0.465 e. The van der Waals surface area contributed by atoms with Crippen molar-refractivity contribution in [2.45, 2.75) is 6.92 Å². The van der Waals surface area contributed by atoms with Crippen LogP contribution in [0.25, 0.3) is 6.08 Å². The highest BCUT2D eigenvalue weighted by Gasteiger charge is 2.06. The van der Waals surface area contributed by atoms with E-state index in [-0.39, 0.29) is 0 Å². The number of benzene rings is 1. The van der Waals surface area contributed by atoms with E-state index < -0.39 is 11.9 Å². The number of carbonyl (C=O) groups is 2. The number of nitrogens with two attached hydrogens (primary N) is 1. The summed E-state index contributed by atoms with van der Waals surface area (Å²) in [6, 6.07) is 4.71. The summed E-state index contributed by atoms with van der Waals surface area (Å²) >= 11 is 0. The molecule has 0 unspecified atom stereocenters. The lowest BCUT2D eigenvalue weighted by Crippen LogP contribution is -2.03. The average Bonchev–Trinajstić information content (AvgIpc) is 2.36. The largest absolute Gasteiger partial charge is 0.465 e. The highest BCUT2D eigenvalue weighted by Crippen LogP contribution is 2.16. The SMILES string of the molecule is CCOC(=O)C=Cc1ccc(C(=O)OC)cc1N. The predicted molar refractivity (Wildman–Crippen MR) is 67.9 cm³/mol. The molecule has 5 nitrogen and oxygen atoms in total. The molecule has 18 heavy (non-hydrogen) atoms. The molecule has 0 saturated heterocycles. The van der Waals surface area contributed by atoms with Gasteiger partial charge in [0.05, 0.1) is 19.3 Å². The van der Waals surface area contributed by atoms with Crippen LogP contribution in [0.3, 0.4) is 0 Å². The van der Waals surface area contributed by atoms with E-state index in [0.29, 0.717) is 23.4 Å². The molecule has 0 heterocycles. The molecule has 0 atom stereocenters. The summed E-state index contributed by atoms with van der Waals surface area (Å²) in [6.07, 6.45) is 2.82. The van der Waals surface area contributed by atoms with Gasteiger partial charge in [0.1, 0.15) is 0 Å². The highest BCUT2D eigenvalue weighted by molar-refractivity contribution is 5.92. The minimum absolute atomic E-state index is 0.319. The van der Waals surface area contributed by atoms with Crippen molar-refractivity contribution in [3.05, 3.63) is 35.4 Å².